The van der Waals surface area contributed by atoms with Crippen molar-refractivity contribution in [2.75, 3.05) is 19.8 Å². The molecule has 0 bridgehead atoms. The van der Waals surface area contributed by atoms with Gasteiger partial charge in [-0.05, 0) is 32.4 Å². The molecule has 0 spiro atoms. The zero-order valence-electron chi connectivity index (χ0n) is 11.6. The van der Waals surface area contributed by atoms with E-state index in [9.17, 15) is 5.11 Å². The summed E-state index contributed by atoms with van der Waals surface area (Å²) in [6.45, 7) is 5.31. The second-order valence-electron chi connectivity index (χ2n) is 5.39. The number of nitrogens with one attached hydrogen (secondary N) is 1. The summed E-state index contributed by atoms with van der Waals surface area (Å²) < 4.78 is 11.1. The van der Waals surface area contributed by atoms with E-state index < -0.39 is 11.9 Å². The molecular weight excluding hydrogens is 242 g/mol. The van der Waals surface area contributed by atoms with Crippen LogP contribution in [0, 0.1) is 0 Å². The summed E-state index contributed by atoms with van der Waals surface area (Å²) in [7, 11) is 0. The first kappa shape index (κ1) is 14.5. The summed E-state index contributed by atoms with van der Waals surface area (Å²) in [5, 5.41) is 13.4. The summed E-state index contributed by atoms with van der Waals surface area (Å²) >= 11 is 0. The second-order valence-corrected chi connectivity index (χ2v) is 5.39. The van der Waals surface area contributed by atoms with E-state index in [1.165, 1.54) is 5.56 Å². The molecule has 2 atom stereocenters. The number of rotatable bonds is 4. The molecule has 1 aliphatic heterocycles. The molecule has 106 valence electrons. The quantitative estimate of drug-likeness (QED) is 0.862. The third kappa shape index (κ3) is 4.58. The summed E-state index contributed by atoms with van der Waals surface area (Å²) in [5.41, 5.74) is 1.29. The van der Waals surface area contributed by atoms with E-state index in [0.29, 0.717) is 13.2 Å². The highest BCUT2D eigenvalue weighted by molar-refractivity contribution is 5.14. The van der Waals surface area contributed by atoms with Gasteiger partial charge in [-0.3, -0.25) is 0 Å². The number of benzene rings is 1. The van der Waals surface area contributed by atoms with Crippen LogP contribution >= 0.6 is 0 Å². The Morgan fingerprint density at radius 1 is 1.21 bits per heavy atom. The Balaban J connectivity index is 1.79. The Morgan fingerprint density at radius 3 is 2.63 bits per heavy atom. The van der Waals surface area contributed by atoms with E-state index in [1.807, 2.05) is 32.0 Å². The van der Waals surface area contributed by atoms with Gasteiger partial charge in [-0.25, -0.2) is 0 Å². The van der Waals surface area contributed by atoms with Gasteiger partial charge in [-0.15, -0.1) is 0 Å². The average molecular weight is 265 g/mol. The van der Waals surface area contributed by atoms with E-state index in [1.54, 1.807) is 0 Å². The lowest BCUT2D eigenvalue weighted by molar-refractivity contribution is -0.203. The van der Waals surface area contributed by atoms with Gasteiger partial charge in [0.05, 0.1) is 25.4 Å². The van der Waals surface area contributed by atoms with Gasteiger partial charge in [0, 0.05) is 0 Å². The second kappa shape index (κ2) is 6.48. The highest BCUT2D eigenvalue weighted by Gasteiger charge is 2.30. The maximum absolute atomic E-state index is 10.0. The molecule has 0 radical (unpaired) electrons. The molecule has 1 aromatic rings. The number of aliphatic hydroxyl groups excluding tert-OH is 1. The molecule has 0 unspecified atom stereocenters. The molecule has 1 aromatic carbocycles. The zero-order valence-corrected chi connectivity index (χ0v) is 11.6. The first-order valence-electron chi connectivity index (χ1n) is 6.80. The fraction of sp³-hybridized carbons (Fsp3) is 0.600. The van der Waals surface area contributed by atoms with Crippen LogP contribution in [-0.2, 0) is 15.9 Å². The number of hydrogen-bond donors (Lipinski definition) is 2. The van der Waals surface area contributed by atoms with Crippen LogP contribution in [0.15, 0.2) is 30.3 Å². The van der Waals surface area contributed by atoms with Gasteiger partial charge in [0.1, 0.15) is 0 Å². The molecule has 0 aliphatic carbocycles. The third-order valence-corrected chi connectivity index (χ3v) is 3.34. The Kier molecular flexibility index (Phi) is 4.93. The summed E-state index contributed by atoms with van der Waals surface area (Å²) in [4.78, 5) is 0. The van der Waals surface area contributed by atoms with E-state index in [-0.39, 0.29) is 6.04 Å². The van der Waals surface area contributed by atoms with Crippen LogP contribution in [0.1, 0.15) is 19.4 Å². The Morgan fingerprint density at radius 2 is 1.89 bits per heavy atom. The molecule has 4 heteroatoms. The molecule has 2 N–H and O–H groups in total. The van der Waals surface area contributed by atoms with Crippen LogP contribution in [0.3, 0.4) is 0 Å². The first-order valence-corrected chi connectivity index (χ1v) is 6.80. The number of aliphatic hydroxyl groups is 1. The number of hydrogen-bond acceptors (Lipinski definition) is 4. The van der Waals surface area contributed by atoms with Crippen molar-refractivity contribution < 1.29 is 14.6 Å². The van der Waals surface area contributed by atoms with Crippen LogP contribution in [0.2, 0.25) is 0 Å². The normalized spacial score (nSPS) is 26.9. The highest BCUT2D eigenvalue weighted by Crippen LogP contribution is 2.17. The average Bonchev–Trinajstić information content (AvgIpc) is 2.53. The standard InChI is InChI=1S/C15H23NO3/c1-15(2)18-10-13(14(17)11-19-15)16-9-8-12-6-4-3-5-7-12/h3-7,13-14,16-17H,8-11H2,1-2H3/t13-,14-/m0/s1. The molecule has 0 aromatic heterocycles. The molecule has 1 saturated heterocycles. The first-order chi connectivity index (χ1) is 9.07. The summed E-state index contributed by atoms with van der Waals surface area (Å²) in [6.07, 6.45) is 0.409. The predicted molar refractivity (Wildman–Crippen MR) is 73.9 cm³/mol. The fourth-order valence-electron chi connectivity index (χ4n) is 2.09. The molecule has 2 rings (SSSR count). The van der Waals surface area contributed by atoms with Gasteiger partial charge >= 0.3 is 0 Å². The van der Waals surface area contributed by atoms with Gasteiger partial charge in [0.25, 0.3) is 0 Å². The lowest BCUT2D eigenvalue weighted by Crippen LogP contribution is -2.44. The molecule has 0 saturated carbocycles. The molecule has 1 fully saturated rings. The largest absolute Gasteiger partial charge is 0.389 e. The van der Waals surface area contributed by atoms with Crippen LogP contribution in [0.25, 0.3) is 0 Å². The van der Waals surface area contributed by atoms with Crippen molar-refractivity contribution in [3.63, 3.8) is 0 Å². The fourth-order valence-corrected chi connectivity index (χ4v) is 2.09. The molecule has 0 amide bonds. The number of ether oxygens (including phenoxy) is 2. The monoisotopic (exact) mass is 265 g/mol. The minimum absolute atomic E-state index is 0.0783. The van der Waals surface area contributed by atoms with Gasteiger partial charge < -0.3 is 19.9 Å². The van der Waals surface area contributed by atoms with Gasteiger partial charge in [-0.2, -0.15) is 0 Å². The maximum atomic E-state index is 10.0. The van der Waals surface area contributed by atoms with Crippen molar-refractivity contribution in [3.05, 3.63) is 35.9 Å². The lowest BCUT2D eigenvalue weighted by Gasteiger charge is -2.23. The van der Waals surface area contributed by atoms with Crippen molar-refractivity contribution in [2.45, 2.75) is 38.2 Å². The van der Waals surface area contributed by atoms with Crippen molar-refractivity contribution in [1.29, 1.82) is 0 Å². The van der Waals surface area contributed by atoms with Crippen LogP contribution in [0.4, 0.5) is 0 Å². The van der Waals surface area contributed by atoms with E-state index >= 15 is 0 Å². The smallest absolute Gasteiger partial charge is 0.162 e. The van der Waals surface area contributed by atoms with Gasteiger partial charge in [-0.1, -0.05) is 30.3 Å². The van der Waals surface area contributed by atoms with Crippen molar-refractivity contribution in [3.8, 4) is 0 Å². The Hall–Kier alpha value is -0.940. The van der Waals surface area contributed by atoms with Crippen LogP contribution in [0.5, 0.6) is 0 Å². The van der Waals surface area contributed by atoms with E-state index in [0.717, 1.165) is 13.0 Å². The predicted octanol–water partition coefficient (Wildman–Crippen LogP) is 1.33. The van der Waals surface area contributed by atoms with E-state index in [4.69, 9.17) is 9.47 Å². The minimum Gasteiger partial charge on any atom is -0.389 e. The summed E-state index contributed by atoms with van der Waals surface area (Å²) in [6, 6.07) is 10.2. The summed E-state index contributed by atoms with van der Waals surface area (Å²) in [5.74, 6) is -0.614. The molecule has 4 nitrogen and oxygen atoms in total. The van der Waals surface area contributed by atoms with Crippen LogP contribution in [-0.4, -0.2) is 42.8 Å². The zero-order chi connectivity index (χ0) is 13.7. The molecule has 1 aliphatic rings. The highest BCUT2D eigenvalue weighted by atomic mass is 16.7. The van der Waals surface area contributed by atoms with Crippen molar-refractivity contribution in [2.24, 2.45) is 0 Å². The SMILES string of the molecule is CC1(C)OC[C@H](NCCc2ccccc2)[C@@H](O)CO1. The van der Waals surface area contributed by atoms with Crippen molar-refractivity contribution in [1.82, 2.24) is 5.32 Å². The molecule has 1 heterocycles. The van der Waals surface area contributed by atoms with Crippen LogP contribution < -0.4 is 5.32 Å². The maximum Gasteiger partial charge on any atom is 0.162 e. The minimum atomic E-state index is -0.614. The Labute approximate surface area is 114 Å². The van der Waals surface area contributed by atoms with E-state index in [2.05, 4.69) is 17.4 Å². The Bertz CT molecular complexity index is 380. The molecule has 19 heavy (non-hydrogen) atoms. The topological polar surface area (TPSA) is 50.7 Å². The molecular formula is C15H23NO3. The van der Waals surface area contributed by atoms with Gasteiger partial charge in [0.15, 0.2) is 5.79 Å². The lowest BCUT2D eigenvalue weighted by atomic mass is 10.1. The third-order valence-electron chi connectivity index (χ3n) is 3.34. The van der Waals surface area contributed by atoms with Gasteiger partial charge in [0.2, 0.25) is 0 Å². The van der Waals surface area contributed by atoms with Crippen molar-refractivity contribution >= 4 is 0 Å².